The van der Waals surface area contributed by atoms with Crippen molar-refractivity contribution in [1.82, 2.24) is 14.8 Å². The van der Waals surface area contributed by atoms with Crippen molar-refractivity contribution in [1.29, 1.82) is 0 Å². The number of aromatic nitrogens is 3. The molecule has 28 heavy (non-hydrogen) atoms. The first-order chi connectivity index (χ1) is 13.6. The van der Waals surface area contributed by atoms with Crippen LogP contribution >= 0.6 is 0 Å². The van der Waals surface area contributed by atoms with Gasteiger partial charge in [-0.05, 0) is 37.6 Å². The second-order valence-corrected chi connectivity index (χ2v) is 6.81. The Morgan fingerprint density at radius 1 is 0.857 bits per heavy atom. The summed E-state index contributed by atoms with van der Waals surface area (Å²) in [6.07, 6.45) is 1.48. The summed E-state index contributed by atoms with van der Waals surface area (Å²) in [5.41, 5.74) is 4.41. The number of carbonyl (C=O) groups is 2. The Hall–Kier alpha value is -3.80. The van der Waals surface area contributed by atoms with E-state index in [0.717, 1.165) is 11.3 Å². The summed E-state index contributed by atoms with van der Waals surface area (Å²) in [6, 6.07) is 16.8. The highest BCUT2D eigenvalue weighted by molar-refractivity contribution is 6.37. The zero-order valence-corrected chi connectivity index (χ0v) is 15.4. The number of para-hydroxylation sites is 2. The third-order valence-electron chi connectivity index (χ3n) is 5.08. The monoisotopic (exact) mass is 368 g/mol. The van der Waals surface area contributed by atoms with Gasteiger partial charge in [0.25, 0.3) is 11.8 Å². The van der Waals surface area contributed by atoms with Crippen molar-refractivity contribution in [3.8, 4) is 5.69 Å². The van der Waals surface area contributed by atoms with Crippen LogP contribution in [0.1, 0.15) is 32.0 Å². The van der Waals surface area contributed by atoms with Crippen molar-refractivity contribution in [2.24, 2.45) is 0 Å². The molecule has 0 atom stereocenters. The van der Waals surface area contributed by atoms with Crippen LogP contribution in [-0.4, -0.2) is 26.6 Å². The molecule has 6 nitrogen and oxygen atoms in total. The van der Waals surface area contributed by atoms with Gasteiger partial charge < -0.3 is 0 Å². The van der Waals surface area contributed by atoms with E-state index in [1.165, 1.54) is 11.1 Å². The van der Waals surface area contributed by atoms with E-state index < -0.39 is 0 Å². The summed E-state index contributed by atoms with van der Waals surface area (Å²) < 4.78 is 1.74. The fourth-order valence-corrected chi connectivity index (χ4v) is 3.74. The van der Waals surface area contributed by atoms with Crippen molar-refractivity contribution in [3.05, 3.63) is 83.2 Å². The van der Waals surface area contributed by atoms with Crippen LogP contribution in [0.15, 0.2) is 60.8 Å². The number of aryl methyl sites for hydroxylation is 2. The molecule has 1 aliphatic rings. The number of hydrogen-bond donors (Lipinski definition) is 0. The normalized spacial score (nSPS) is 13.4. The van der Waals surface area contributed by atoms with Gasteiger partial charge in [-0.1, -0.05) is 36.4 Å². The summed E-state index contributed by atoms with van der Waals surface area (Å²) in [5, 5.41) is 5.25. The van der Waals surface area contributed by atoms with E-state index >= 15 is 0 Å². The molecule has 0 spiro atoms. The first-order valence-electron chi connectivity index (χ1n) is 8.96. The molecule has 136 valence electrons. The summed E-state index contributed by atoms with van der Waals surface area (Å²) in [7, 11) is 0. The number of pyridine rings is 1. The topological polar surface area (TPSA) is 68.1 Å². The second kappa shape index (κ2) is 5.85. The minimum Gasteiger partial charge on any atom is -0.268 e. The number of anilines is 1. The van der Waals surface area contributed by atoms with Crippen LogP contribution < -0.4 is 4.90 Å². The number of amides is 2. The predicted molar refractivity (Wildman–Crippen MR) is 106 cm³/mol. The first kappa shape index (κ1) is 16.4. The molecule has 0 unspecified atom stereocenters. The number of rotatable bonds is 2. The molecule has 2 aromatic carbocycles. The van der Waals surface area contributed by atoms with Crippen LogP contribution in [-0.2, 0) is 0 Å². The SMILES string of the molecule is Cc1ccccc1-n1nc(C)c2c3c(cnc21)C(=O)N(c1ccccc1)C3=O. The zero-order valence-electron chi connectivity index (χ0n) is 15.4. The molecule has 2 amide bonds. The Balaban J connectivity index is 1.76. The Morgan fingerprint density at radius 3 is 2.32 bits per heavy atom. The smallest absolute Gasteiger partial charge is 0.267 e. The quantitative estimate of drug-likeness (QED) is 0.504. The maximum atomic E-state index is 13.2. The molecule has 0 saturated heterocycles. The Labute approximate surface area is 161 Å². The largest absolute Gasteiger partial charge is 0.268 e. The molecule has 0 bridgehead atoms. The average molecular weight is 368 g/mol. The van der Waals surface area contributed by atoms with Crippen LogP contribution in [0, 0.1) is 13.8 Å². The molecule has 0 radical (unpaired) electrons. The maximum Gasteiger partial charge on any atom is 0.267 e. The number of nitrogens with zero attached hydrogens (tertiary/aromatic N) is 4. The molecule has 0 aliphatic carbocycles. The lowest BCUT2D eigenvalue weighted by Crippen LogP contribution is -2.29. The van der Waals surface area contributed by atoms with Gasteiger partial charge in [-0.15, -0.1) is 0 Å². The van der Waals surface area contributed by atoms with Crippen LogP contribution in [0.5, 0.6) is 0 Å². The van der Waals surface area contributed by atoms with Crippen molar-refractivity contribution in [2.75, 3.05) is 4.90 Å². The van der Waals surface area contributed by atoms with Gasteiger partial charge in [0.15, 0.2) is 5.65 Å². The highest BCUT2D eigenvalue weighted by atomic mass is 16.2. The van der Waals surface area contributed by atoms with Gasteiger partial charge in [0.05, 0.1) is 33.6 Å². The Kier molecular flexibility index (Phi) is 3.42. The summed E-state index contributed by atoms with van der Waals surface area (Å²) in [5.74, 6) is -0.699. The maximum absolute atomic E-state index is 13.2. The highest BCUT2D eigenvalue weighted by Crippen LogP contribution is 2.34. The molecule has 0 saturated carbocycles. The molecule has 3 heterocycles. The highest BCUT2D eigenvalue weighted by Gasteiger charge is 2.39. The molecule has 1 aliphatic heterocycles. The Bertz CT molecular complexity index is 1270. The second-order valence-electron chi connectivity index (χ2n) is 6.81. The van der Waals surface area contributed by atoms with Gasteiger partial charge in [-0.3, -0.25) is 9.59 Å². The van der Waals surface area contributed by atoms with Gasteiger partial charge in [-0.2, -0.15) is 5.10 Å². The number of hydrogen-bond acceptors (Lipinski definition) is 4. The van der Waals surface area contributed by atoms with Gasteiger partial charge in [-0.25, -0.2) is 14.6 Å². The molecular formula is C22H16N4O2. The van der Waals surface area contributed by atoms with E-state index in [9.17, 15) is 9.59 Å². The Morgan fingerprint density at radius 2 is 1.57 bits per heavy atom. The number of benzene rings is 2. The van der Waals surface area contributed by atoms with Crippen LogP contribution in [0.4, 0.5) is 5.69 Å². The molecule has 4 aromatic rings. The molecule has 6 heteroatoms. The fourth-order valence-electron chi connectivity index (χ4n) is 3.74. The van der Waals surface area contributed by atoms with Gasteiger partial charge in [0.1, 0.15) is 0 Å². The van der Waals surface area contributed by atoms with E-state index in [0.29, 0.717) is 33.5 Å². The van der Waals surface area contributed by atoms with Gasteiger partial charge >= 0.3 is 0 Å². The van der Waals surface area contributed by atoms with E-state index in [-0.39, 0.29) is 11.8 Å². The molecular weight excluding hydrogens is 352 g/mol. The zero-order chi connectivity index (χ0) is 19.4. The first-order valence-corrected chi connectivity index (χ1v) is 8.96. The minimum atomic E-state index is -0.358. The van der Waals surface area contributed by atoms with Crippen molar-refractivity contribution < 1.29 is 9.59 Å². The van der Waals surface area contributed by atoms with Crippen molar-refractivity contribution in [3.63, 3.8) is 0 Å². The van der Waals surface area contributed by atoms with E-state index in [1.807, 2.05) is 44.2 Å². The summed E-state index contributed by atoms with van der Waals surface area (Å²) >= 11 is 0. The third kappa shape index (κ3) is 2.15. The minimum absolute atomic E-state index is 0.314. The van der Waals surface area contributed by atoms with Crippen LogP contribution in [0.2, 0.25) is 0 Å². The predicted octanol–water partition coefficient (Wildman–Crippen LogP) is 3.84. The van der Waals surface area contributed by atoms with Crippen molar-refractivity contribution >= 4 is 28.5 Å². The standard InChI is InChI=1S/C22H16N4O2/c1-13-8-6-7-11-17(13)26-20-18(14(2)24-26)19-16(12-23-20)21(27)25(22(19)28)15-9-4-3-5-10-15/h3-12H,1-2H3. The molecule has 0 N–H and O–H groups in total. The van der Waals surface area contributed by atoms with E-state index in [4.69, 9.17) is 0 Å². The molecule has 5 rings (SSSR count). The average Bonchev–Trinajstić information content (AvgIpc) is 3.17. The van der Waals surface area contributed by atoms with Gasteiger partial charge in [0.2, 0.25) is 0 Å². The lowest BCUT2D eigenvalue weighted by molar-refractivity contribution is 0.0926. The van der Waals surface area contributed by atoms with Gasteiger partial charge in [0, 0.05) is 6.20 Å². The van der Waals surface area contributed by atoms with Crippen molar-refractivity contribution in [2.45, 2.75) is 13.8 Å². The number of carbonyl (C=O) groups excluding carboxylic acids is 2. The van der Waals surface area contributed by atoms with Crippen LogP contribution in [0.3, 0.4) is 0 Å². The van der Waals surface area contributed by atoms with E-state index in [2.05, 4.69) is 10.1 Å². The van der Waals surface area contributed by atoms with Crippen LogP contribution in [0.25, 0.3) is 16.7 Å². The number of fused-ring (bicyclic) bond motifs is 3. The fraction of sp³-hybridized carbons (Fsp3) is 0.0909. The van der Waals surface area contributed by atoms with E-state index in [1.54, 1.807) is 28.9 Å². The summed E-state index contributed by atoms with van der Waals surface area (Å²) in [4.78, 5) is 31.9. The third-order valence-corrected chi connectivity index (χ3v) is 5.08. The molecule has 2 aromatic heterocycles. The lowest BCUT2D eigenvalue weighted by Gasteiger charge is -2.13. The molecule has 0 fully saturated rings. The number of imide groups is 1. The summed E-state index contributed by atoms with van der Waals surface area (Å²) in [6.45, 7) is 3.83. The lowest BCUT2D eigenvalue weighted by atomic mass is 10.1.